The van der Waals surface area contributed by atoms with Crippen LogP contribution < -0.4 is 5.73 Å². The van der Waals surface area contributed by atoms with Gasteiger partial charge in [0, 0.05) is 17.7 Å². The molecule has 74 valence electrons. The first kappa shape index (κ1) is 8.93. The maximum atomic E-state index is 5.74. The largest absolute Gasteiger partial charge is 0.368 e. The Morgan fingerprint density at radius 2 is 2.00 bits per heavy atom. The number of fused-ring (bicyclic) bond motifs is 1. The van der Waals surface area contributed by atoms with Gasteiger partial charge in [-0.2, -0.15) is 4.52 Å². The highest BCUT2D eigenvalue weighted by Crippen LogP contribution is 2.14. The molecule has 0 saturated carbocycles. The average Bonchev–Trinajstić information content (AvgIpc) is 2.58. The molecule has 0 saturated heterocycles. The molecule has 0 aliphatic rings. The number of rotatable bonds is 1. The number of hydrogen-bond donors (Lipinski definition) is 1. The molecule has 0 radical (unpaired) electrons. The van der Waals surface area contributed by atoms with Crippen LogP contribution in [0.5, 0.6) is 0 Å². The van der Waals surface area contributed by atoms with Crippen LogP contribution in [0.3, 0.4) is 0 Å². The number of hydrogen-bond acceptors (Lipinski definition) is 4. The standard InChI is InChI=1S/C9H13N5/c1-4-7-12-8-5(2)6(3)11-9(10)14(8)13-7/h4H2,1-3H3,(H2,10,11). The molecular weight excluding hydrogens is 178 g/mol. The van der Waals surface area contributed by atoms with Crippen LogP contribution in [0.2, 0.25) is 0 Å². The lowest BCUT2D eigenvalue weighted by Gasteiger charge is -2.02. The molecule has 2 N–H and O–H groups in total. The molecule has 2 rings (SSSR count). The predicted octanol–water partition coefficient (Wildman–Crippen LogP) is 0.886. The Kier molecular flexibility index (Phi) is 1.87. The Balaban J connectivity index is 2.84. The summed E-state index contributed by atoms with van der Waals surface area (Å²) in [6.45, 7) is 5.91. The van der Waals surface area contributed by atoms with Crippen LogP contribution in [-0.4, -0.2) is 19.6 Å². The zero-order valence-corrected chi connectivity index (χ0v) is 8.57. The number of nitrogen functional groups attached to an aromatic ring is 1. The minimum absolute atomic E-state index is 0.398. The van der Waals surface area contributed by atoms with Crippen molar-refractivity contribution in [1.29, 1.82) is 0 Å². The highest BCUT2D eigenvalue weighted by atomic mass is 15.3. The summed E-state index contributed by atoms with van der Waals surface area (Å²) in [6, 6.07) is 0. The molecule has 0 bridgehead atoms. The third-order valence-corrected chi connectivity index (χ3v) is 2.34. The maximum Gasteiger partial charge on any atom is 0.223 e. The second-order valence-electron chi connectivity index (χ2n) is 3.30. The van der Waals surface area contributed by atoms with Gasteiger partial charge in [0.05, 0.1) is 0 Å². The van der Waals surface area contributed by atoms with Gasteiger partial charge in [-0.1, -0.05) is 6.92 Å². The van der Waals surface area contributed by atoms with Crippen LogP contribution in [-0.2, 0) is 6.42 Å². The molecule has 0 aliphatic heterocycles. The number of aromatic nitrogens is 4. The van der Waals surface area contributed by atoms with Crippen LogP contribution in [0.4, 0.5) is 5.95 Å². The van der Waals surface area contributed by atoms with E-state index < -0.39 is 0 Å². The lowest BCUT2D eigenvalue weighted by Crippen LogP contribution is -2.05. The first-order chi connectivity index (χ1) is 6.63. The van der Waals surface area contributed by atoms with Gasteiger partial charge in [-0.15, -0.1) is 5.10 Å². The van der Waals surface area contributed by atoms with Crippen molar-refractivity contribution < 1.29 is 0 Å². The van der Waals surface area contributed by atoms with E-state index in [0.29, 0.717) is 5.95 Å². The summed E-state index contributed by atoms with van der Waals surface area (Å²) in [7, 11) is 0. The second kappa shape index (κ2) is 2.94. The molecule has 0 spiro atoms. The highest BCUT2D eigenvalue weighted by Gasteiger charge is 2.10. The van der Waals surface area contributed by atoms with Gasteiger partial charge < -0.3 is 5.73 Å². The summed E-state index contributed by atoms with van der Waals surface area (Å²) < 4.78 is 1.60. The molecule has 2 heterocycles. The summed E-state index contributed by atoms with van der Waals surface area (Å²) in [6.07, 6.45) is 0.805. The lowest BCUT2D eigenvalue weighted by atomic mass is 10.2. The fourth-order valence-corrected chi connectivity index (χ4v) is 1.37. The minimum Gasteiger partial charge on any atom is -0.368 e. The zero-order valence-electron chi connectivity index (χ0n) is 8.57. The Bertz CT molecular complexity index is 485. The third-order valence-electron chi connectivity index (χ3n) is 2.34. The molecule has 2 aromatic heterocycles. The van der Waals surface area contributed by atoms with Crippen molar-refractivity contribution in [3.8, 4) is 0 Å². The summed E-state index contributed by atoms with van der Waals surface area (Å²) in [5, 5.41) is 4.25. The van der Waals surface area contributed by atoms with E-state index in [4.69, 9.17) is 5.73 Å². The first-order valence-electron chi connectivity index (χ1n) is 4.61. The van der Waals surface area contributed by atoms with E-state index in [0.717, 1.165) is 29.1 Å². The van der Waals surface area contributed by atoms with Crippen molar-refractivity contribution in [2.45, 2.75) is 27.2 Å². The Hall–Kier alpha value is -1.65. The summed E-state index contributed by atoms with van der Waals surface area (Å²) >= 11 is 0. The van der Waals surface area contributed by atoms with Gasteiger partial charge in [0.25, 0.3) is 0 Å². The molecule has 14 heavy (non-hydrogen) atoms. The number of anilines is 1. The van der Waals surface area contributed by atoms with Crippen LogP contribution >= 0.6 is 0 Å². The van der Waals surface area contributed by atoms with E-state index >= 15 is 0 Å². The van der Waals surface area contributed by atoms with Gasteiger partial charge >= 0.3 is 0 Å². The van der Waals surface area contributed by atoms with Crippen molar-refractivity contribution in [3.05, 3.63) is 17.1 Å². The van der Waals surface area contributed by atoms with Gasteiger partial charge in [-0.05, 0) is 13.8 Å². The van der Waals surface area contributed by atoms with Gasteiger partial charge in [-0.3, -0.25) is 0 Å². The van der Waals surface area contributed by atoms with Crippen molar-refractivity contribution in [1.82, 2.24) is 19.6 Å². The van der Waals surface area contributed by atoms with Crippen molar-refractivity contribution in [2.75, 3.05) is 5.73 Å². The van der Waals surface area contributed by atoms with Crippen LogP contribution in [0, 0.1) is 13.8 Å². The Morgan fingerprint density at radius 1 is 1.29 bits per heavy atom. The summed E-state index contributed by atoms with van der Waals surface area (Å²) in [5.41, 5.74) is 8.50. The number of aryl methyl sites for hydroxylation is 3. The molecule has 5 heteroatoms. The van der Waals surface area contributed by atoms with E-state index in [1.165, 1.54) is 0 Å². The average molecular weight is 191 g/mol. The number of nitrogens with zero attached hydrogens (tertiary/aromatic N) is 4. The zero-order chi connectivity index (χ0) is 10.3. The fourth-order valence-electron chi connectivity index (χ4n) is 1.37. The lowest BCUT2D eigenvalue weighted by molar-refractivity contribution is 0.869. The van der Waals surface area contributed by atoms with Crippen LogP contribution in [0.15, 0.2) is 0 Å². The first-order valence-corrected chi connectivity index (χ1v) is 4.61. The minimum atomic E-state index is 0.398. The van der Waals surface area contributed by atoms with E-state index in [1.807, 2.05) is 20.8 Å². The van der Waals surface area contributed by atoms with Crippen LogP contribution in [0.1, 0.15) is 24.0 Å². The molecule has 0 amide bonds. The topological polar surface area (TPSA) is 69.1 Å². The summed E-state index contributed by atoms with van der Waals surface area (Å²) in [5.74, 6) is 1.20. The maximum absolute atomic E-state index is 5.74. The third kappa shape index (κ3) is 1.13. The fraction of sp³-hybridized carbons (Fsp3) is 0.444. The quantitative estimate of drug-likeness (QED) is 0.726. The van der Waals surface area contributed by atoms with E-state index in [-0.39, 0.29) is 0 Å². The predicted molar refractivity (Wildman–Crippen MR) is 54.0 cm³/mol. The highest BCUT2D eigenvalue weighted by molar-refractivity contribution is 5.52. The SMILES string of the molecule is CCc1nc2c(C)c(C)nc(N)n2n1. The van der Waals surface area contributed by atoms with Crippen molar-refractivity contribution in [2.24, 2.45) is 0 Å². The van der Waals surface area contributed by atoms with Crippen molar-refractivity contribution >= 4 is 11.6 Å². The second-order valence-corrected chi connectivity index (χ2v) is 3.30. The molecule has 2 aromatic rings. The number of nitrogens with two attached hydrogens (primary N) is 1. The Morgan fingerprint density at radius 3 is 2.64 bits per heavy atom. The Labute approximate surface area is 82.0 Å². The van der Waals surface area contributed by atoms with Gasteiger partial charge in [-0.25, -0.2) is 9.97 Å². The molecule has 0 atom stereocenters. The molecular formula is C9H13N5. The molecule has 0 fully saturated rings. The van der Waals surface area contributed by atoms with E-state index in [1.54, 1.807) is 4.52 Å². The van der Waals surface area contributed by atoms with E-state index in [2.05, 4.69) is 15.1 Å². The molecule has 5 nitrogen and oxygen atoms in total. The van der Waals surface area contributed by atoms with Gasteiger partial charge in [0.2, 0.25) is 5.95 Å². The van der Waals surface area contributed by atoms with Gasteiger partial charge in [0.1, 0.15) is 0 Å². The molecule has 0 aliphatic carbocycles. The molecule has 0 aromatic carbocycles. The normalized spacial score (nSPS) is 11.1. The van der Waals surface area contributed by atoms with E-state index in [9.17, 15) is 0 Å². The molecule has 0 unspecified atom stereocenters. The smallest absolute Gasteiger partial charge is 0.223 e. The monoisotopic (exact) mass is 191 g/mol. The van der Waals surface area contributed by atoms with Gasteiger partial charge in [0.15, 0.2) is 11.5 Å². The van der Waals surface area contributed by atoms with Crippen LogP contribution in [0.25, 0.3) is 5.65 Å². The summed E-state index contributed by atoms with van der Waals surface area (Å²) in [4.78, 5) is 8.57. The van der Waals surface area contributed by atoms with Crippen molar-refractivity contribution in [3.63, 3.8) is 0 Å².